The van der Waals surface area contributed by atoms with E-state index in [0.717, 1.165) is 6.54 Å². The van der Waals surface area contributed by atoms with Crippen molar-refractivity contribution >= 4 is 23.2 Å². The van der Waals surface area contributed by atoms with Gasteiger partial charge in [0, 0.05) is 0 Å². The fraction of sp³-hybridized carbons (Fsp3) is 0.400. The number of nitrogens with zero attached hydrogens (tertiary/aromatic N) is 1. The summed E-state index contributed by atoms with van der Waals surface area (Å²) >= 11 is 1.42. The van der Waals surface area contributed by atoms with Crippen LogP contribution in [0.1, 0.15) is 9.67 Å². The first-order valence-corrected chi connectivity index (χ1v) is 6.02. The number of carbonyl (C=O) groups excluding carboxylic acids is 2. The summed E-state index contributed by atoms with van der Waals surface area (Å²) in [5, 5.41) is 3.76. The van der Waals surface area contributed by atoms with Gasteiger partial charge in [0.1, 0.15) is 0 Å². The summed E-state index contributed by atoms with van der Waals surface area (Å²) in [4.78, 5) is 25.5. The van der Waals surface area contributed by atoms with Crippen LogP contribution in [-0.2, 0) is 4.79 Å². The van der Waals surface area contributed by atoms with Crippen LogP contribution in [0.5, 0.6) is 0 Å². The minimum Gasteiger partial charge on any atom is -0.364 e. The van der Waals surface area contributed by atoms with Crippen LogP contribution in [0.4, 0.5) is 0 Å². The molecule has 1 fully saturated rings. The van der Waals surface area contributed by atoms with Gasteiger partial charge in [0.15, 0.2) is 6.04 Å². The summed E-state index contributed by atoms with van der Waals surface area (Å²) in [6.07, 6.45) is 0. The Kier molecular flexibility index (Phi) is 3.21. The second-order valence-corrected chi connectivity index (χ2v) is 4.71. The lowest BCUT2D eigenvalue weighted by Gasteiger charge is -2.29. The number of amides is 2. The van der Waals surface area contributed by atoms with Crippen LogP contribution >= 0.6 is 11.3 Å². The molecule has 0 aromatic carbocycles. The minimum absolute atomic E-state index is 0.00523. The summed E-state index contributed by atoms with van der Waals surface area (Å²) < 4.78 is 0. The van der Waals surface area contributed by atoms with Crippen LogP contribution in [0.25, 0.3) is 0 Å². The highest BCUT2D eigenvalue weighted by atomic mass is 32.1. The number of hydrogen-bond acceptors (Lipinski definition) is 3. The molecule has 1 aromatic rings. The van der Waals surface area contributed by atoms with E-state index in [0.29, 0.717) is 18.0 Å². The third-order valence-corrected chi connectivity index (χ3v) is 3.51. The molecule has 0 bridgehead atoms. The average molecular weight is 240 g/mol. The Labute approximate surface area is 97.2 Å². The summed E-state index contributed by atoms with van der Waals surface area (Å²) in [5.41, 5.74) is 5.24. The lowest BCUT2D eigenvalue weighted by molar-refractivity contribution is -0.683. The summed E-state index contributed by atoms with van der Waals surface area (Å²) in [6.45, 7) is 1.80. The Morgan fingerprint density at radius 3 is 3.00 bits per heavy atom. The maximum absolute atomic E-state index is 12.0. The van der Waals surface area contributed by atoms with Crippen molar-refractivity contribution in [3.8, 4) is 0 Å². The molecule has 5 nitrogen and oxygen atoms in total. The van der Waals surface area contributed by atoms with Gasteiger partial charge in [0.25, 0.3) is 11.8 Å². The van der Waals surface area contributed by atoms with Crippen molar-refractivity contribution in [3.05, 3.63) is 22.4 Å². The van der Waals surface area contributed by atoms with E-state index in [-0.39, 0.29) is 17.9 Å². The zero-order valence-electron chi connectivity index (χ0n) is 8.76. The molecule has 0 saturated carbocycles. The predicted octanol–water partition coefficient (Wildman–Crippen LogP) is -1.38. The molecule has 1 aliphatic heterocycles. The van der Waals surface area contributed by atoms with Crippen LogP contribution in [0.2, 0.25) is 0 Å². The van der Waals surface area contributed by atoms with Crippen LogP contribution in [-0.4, -0.2) is 42.4 Å². The second kappa shape index (κ2) is 4.63. The van der Waals surface area contributed by atoms with E-state index in [9.17, 15) is 9.59 Å². The second-order valence-electron chi connectivity index (χ2n) is 3.76. The Bertz CT molecular complexity index is 391. The zero-order chi connectivity index (χ0) is 11.5. The molecule has 6 heteroatoms. The van der Waals surface area contributed by atoms with Gasteiger partial charge < -0.3 is 16.0 Å². The molecular formula is C10H14N3O2S+. The van der Waals surface area contributed by atoms with Crippen molar-refractivity contribution in [2.45, 2.75) is 6.04 Å². The minimum atomic E-state index is -0.358. The maximum Gasteiger partial charge on any atom is 0.277 e. The predicted molar refractivity (Wildman–Crippen MR) is 60.0 cm³/mol. The first-order chi connectivity index (χ1) is 7.68. The first-order valence-electron chi connectivity index (χ1n) is 5.14. The van der Waals surface area contributed by atoms with Gasteiger partial charge in [-0.15, -0.1) is 11.3 Å². The maximum atomic E-state index is 12.0. The van der Waals surface area contributed by atoms with Gasteiger partial charge in [-0.2, -0.15) is 0 Å². The number of primary amides is 1. The van der Waals surface area contributed by atoms with E-state index in [1.54, 1.807) is 11.0 Å². The van der Waals surface area contributed by atoms with Crippen molar-refractivity contribution in [1.82, 2.24) is 4.90 Å². The molecule has 0 aliphatic carbocycles. The van der Waals surface area contributed by atoms with Crippen LogP contribution in [0.15, 0.2) is 17.5 Å². The van der Waals surface area contributed by atoms with E-state index < -0.39 is 0 Å². The average Bonchev–Trinajstić information content (AvgIpc) is 2.81. The summed E-state index contributed by atoms with van der Waals surface area (Å²) in [7, 11) is 0. The number of quaternary nitrogens is 1. The van der Waals surface area contributed by atoms with Gasteiger partial charge in [-0.05, 0) is 11.4 Å². The number of nitrogens with two attached hydrogens (primary N) is 2. The highest BCUT2D eigenvalue weighted by Gasteiger charge is 2.30. The molecule has 0 radical (unpaired) electrons. The van der Waals surface area contributed by atoms with E-state index in [4.69, 9.17) is 5.73 Å². The molecule has 1 aromatic heterocycles. The van der Waals surface area contributed by atoms with Gasteiger partial charge in [-0.25, -0.2) is 0 Å². The zero-order valence-corrected chi connectivity index (χ0v) is 9.57. The van der Waals surface area contributed by atoms with Crippen molar-refractivity contribution in [2.75, 3.05) is 19.6 Å². The molecule has 16 heavy (non-hydrogen) atoms. The monoisotopic (exact) mass is 240 g/mol. The van der Waals surface area contributed by atoms with Crippen LogP contribution in [0, 0.1) is 0 Å². The SMILES string of the molecule is NC(=O)[C@@H]1CN(C(=O)c2cccs2)CC[NH2+]1. The van der Waals surface area contributed by atoms with Crippen LogP contribution < -0.4 is 11.1 Å². The standard InChI is InChI=1S/C10H13N3O2S/c11-9(14)7-6-13(4-3-12-7)10(15)8-2-1-5-16-8/h1-2,5,7,12H,3-4,6H2,(H2,11,14)/p+1/t7-/m0/s1. The molecule has 1 aliphatic rings. The largest absolute Gasteiger partial charge is 0.364 e. The smallest absolute Gasteiger partial charge is 0.277 e. The van der Waals surface area contributed by atoms with Gasteiger partial charge in [0.2, 0.25) is 0 Å². The van der Waals surface area contributed by atoms with Crippen molar-refractivity contribution < 1.29 is 14.9 Å². The molecule has 1 saturated heterocycles. The van der Waals surface area contributed by atoms with E-state index >= 15 is 0 Å². The Balaban J connectivity index is 2.05. The molecule has 1 atom stereocenters. The highest BCUT2D eigenvalue weighted by Crippen LogP contribution is 2.12. The van der Waals surface area contributed by atoms with E-state index in [1.165, 1.54) is 11.3 Å². The van der Waals surface area contributed by atoms with Crippen molar-refractivity contribution in [1.29, 1.82) is 0 Å². The normalized spacial score (nSPS) is 20.8. The third kappa shape index (κ3) is 2.23. The van der Waals surface area contributed by atoms with Gasteiger partial charge >= 0.3 is 0 Å². The van der Waals surface area contributed by atoms with Gasteiger partial charge in [0.05, 0.1) is 24.5 Å². The number of carbonyl (C=O) groups is 2. The molecule has 0 unspecified atom stereocenters. The lowest BCUT2D eigenvalue weighted by Crippen LogP contribution is -2.97. The number of rotatable bonds is 2. The molecule has 4 N–H and O–H groups in total. The number of piperazine rings is 1. The topological polar surface area (TPSA) is 80.0 Å². The lowest BCUT2D eigenvalue weighted by atomic mass is 10.2. The Hall–Kier alpha value is -1.40. The summed E-state index contributed by atoms with van der Waals surface area (Å²) in [6, 6.07) is 3.34. The molecule has 86 valence electrons. The van der Waals surface area contributed by atoms with Crippen molar-refractivity contribution in [3.63, 3.8) is 0 Å². The summed E-state index contributed by atoms with van der Waals surface area (Å²) in [5.74, 6) is -0.363. The number of thiophene rings is 1. The van der Waals surface area contributed by atoms with E-state index in [1.807, 2.05) is 16.8 Å². The van der Waals surface area contributed by atoms with Gasteiger partial charge in [-0.3, -0.25) is 9.59 Å². The van der Waals surface area contributed by atoms with E-state index in [2.05, 4.69) is 0 Å². The first kappa shape index (κ1) is 11.1. The highest BCUT2D eigenvalue weighted by molar-refractivity contribution is 7.12. The molecule has 2 amide bonds. The molecule has 0 spiro atoms. The quantitative estimate of drug-likeness (QED) is 0.668. The molecule has 2 heterocycles. The van der Waals surface area contributed by atoms with Crippen molar-refractivity contribution in [2.24, 2.45) is 5.73 Å². The fourth-order valence-electron chi connectivity index (χ4n) is 1.78. The fourth-order valence-corrected chi connectivity index (χ4v) is 2.47. The third-order valence-electron chi connectivity index (χ3n) is 2.65. The Morgan fingerprint density at radius 2 is 2.38 bits per heavy atom. The molecular weight excluding hydrogens is 226 g/mol. The molecule has 2 rings (SSSR count). The van der Waals surface area contributed by atoms with Crippen LogP contribution in [0.3, 0.4) is 0 Å². The number of hydrogen-bond donors (Lipinski definition) is 2. The van der Waals surface area contributed by atoms with Gasteiger partial charge in [-0.1, -0.05) is 6.07 Å². The Morgan fingerprint density at radius 1 is 1.56 bits per heavy atom.